The van der Waals surface area contributed by atoms with Gasteiger partial charge in [-0.3, -0.25) is 0 Å². The summed E-state index contributed by atoms with van der Waals surface area (Å²) >= 11 is 0. The minimum Gasteiger partial charge on any atom is -0.545 e. The normalized spacial score (nSPS) is 11.1. The zero-order valence-corrected chi connectivity index (χ0v) is 16.3. The number of rotatable bonds is 7. The van der Waals surface area contributed by atoms with E-state index in [1.165, 1.54) is 6.07 Å². The van der Waals surface area contributed by atoms with Gasteiger partial charge < -0.3 is 24.4 Å². The van der Waals surface area contributed by atoms with Crippen molar-refractivity contribution in [2.75, 3.05) is 7.11 Å². The topological polar surface area (TPSA) is 87.3 Å². The summed E-state index contributed by atoms with van der Waals surface area (Å²) < 4.78 is 11.3. The number of carbonyl (C=O) groups excluding carboxylic acids is 1. The molecule has 0 saturated carbocycles. The number of aromatic nitrogens is 2. The first-order chi connectivity index (χ1) is 14.6. The fourth-order valence-electron chi connectivity index (χ4n) is 3.12. The fraction of sp³-hybridized carbons (Fsp3) is 0.0833. The second kappa shape index (κ2) is 8.53. The van der Waals surface area contributed by atoms with Gasteiger partial charge in [-0.05, 0) is 35.4 Å². The van der Waals surface area contributed by atoms with Gasteiger partial charge in [0, 0.05) is 5.56 Å². The monoisotopic (exact) mass is 399 g/mol. The number of benzene rings is 3. The molecule has 3 aromatic carbocycles. The Kier molecular flexibility index (Phi) is 5.48. The molecule has 0 aliphatic heterocycles. The highest BCUT2D eigenvalue weighted by molar-refractivity contribution is 6.00. The molecule has 0 aliphatic carbocycles. The first-order valence-corrected chi connectivity index (χ1v) is 9.37. The van der Waals surface area contributed by atoms with E-state index >= 15 is 0 Å². The van der Waals surface area contributed by atoms with Gasteiger partial charge in [-0.25, -0.2) is 4.98 Å². The van der Waals surface area contributed by atoms with Crippen LogP contribution in [0.4, 0.5) is 0 Å². The summed E-state index contributed by atoms with van der Waals surface area (Å²) in [5.41, 5.74) is 3.02. The van der Waals surface area contributed by atoms with E-state index < -0.39 is 5.97 Å². The lowest BCUT2D eigenvalue weighted by Gasteiger charge is -2.11. The van der Waals surface area contributed by atoms with Crippen molar-refractivity contribution in [3.8, 4) is 11.5 Å². The predicted octanol–water partition coefficient (Wildman–Crippen LogP) is 3.68. The third kappa shape index (κ3) is 4.17. The van der Waals surface area contributed by atoms with Crippen LogP contribution in [0.15, 0.2) is 66.7 Å². The van der Waals surface area contributed by atoms with Gasteiger partial charge in [0.05, 0.1) is 24.1 Å². The van der Waals surface area contributed by atoms with E-state index in [9.17, 15) is 9.90 Å². The van der Waals surface area contributed by atoms with Crippen molar-refractivity contribution >= 4 is 29.2 Å². The quantitative estimate of drug-likeness (QED) is 0.512. The molecule has 0 fully saturated rings. The maximum Gasteiger partial charge on any atom is 0.162 e. The molecule has 4 aromatic rings. The van der Waals surface area contributed by atoms with Crippen LogP contribution in [0.5, 0.6) is 11.5 Å². The first-order valence-electron chi connectivity index (χ1n) is 9.37. The molecule has 1 N–H and O–H groups in total. The molecule has 4 rings (SSSR count). The number of aromatic carboxylic acids is 1. The van der Waals surface area contributed by atoms with Crippen LogP contribution in [0.3, 0.4) is 0 Å². The lowest BCUT2D eigenvalue weighted by atomic mass is 10.2. The summed E-state index contributed by atoms with van der Waals surface area (Å²) in [4.78, 5) is 18.7. The van der Waals surface area contributed by atoms with Gasteiger partial charge in [0.2, 0.25) is 0 Å². The van der Waals surface area contributed by atoms with E-state index in [1.54, 1.807) is 25.3 Å². The zero-order valence-electron chi connectivity index (χ0n) is 16.3. The minimum atomic E-state index is -1.25. The molecule has 0 aliphatic rings. The molecule has 0 atom stereocenters. The second-order valence-electron chi connectivity index (χ2n) is 6.63. The molecule has 0 spiro atoms. The van der Waals surface area contributed by atoms with Crippen molar-refractivity contribution in [2.45, 2.75) is 6.61 Å². The van der Waals surface area contributed by atoms with Gasteiger partial charge in [-0.15, -0.1) is 0 Å². The Morgan fingerprint density at radius 2 is 1.87 bits per heavy atom. The maximum atomic E-state index is 11.3. The van der Waals surface area contributed by atoms with E-state index in [-0.39, 0.29) is 5.56 Å². The molecule has 0 bridgehead atoms. The number of aromatic amines is 1. The first kappa shape index (κ1) is 19.3. The third-order valence-electron chi connectivity index (χ3n) is 4.61. The Labute approximate surface area is 173 Å². The molecule has 1 heterocycles. The number of carboxylic acids is 1. The minimum absolute atomic E-state index is 0.0597. The molecule has 30 heavy (non-hydrogen) atoms. The Hall–Kier alpha value is -4.06. The van der Waals surface area contributed by atoms with E-state index in [0.29, 0.717) is 35.0 Å². The van der Waals surface area contributed by atoms with E-state index in [4.69, 9.17) is 9.47 Å². The number of methoxy groups -OCH3 is 1. The number of para-hydroxylation sites is 1. The highest BCUT2D eigenvalue weighted by Crippen LogP contribution is 2.29. The van der Waals surface area contributed by atoms with Crippen LogP contribution in [0.2, 0.25) is 0 Å². The Bertz CT molecular complexity index is 1210. The number of hydrogen-bond acceptors (Lipinski definition) is 5. The van der Waals surface area contributed by atoms with Crippen LogP contribution in [0.1, 0.15) is 27.3 Å². The SMILES string of the molecule is COc1ccc(/C=C/c2nc3c(C(=O)[O-])cccc3[nH]2)cc1OCc1ccccc1. The van der Waals surface area contributed by atoms with Crippen molar-refractivity contribution < 1.29 is 19.4 Å². The highest BCUT2D eigenvalue weighted by atomic mass is 16.5. The largest absolute Gasteiger partial charge is 0.545 e. The molecule has 150 valence electrons. The van der Waals surface area contributed by atoms with E-state index in [1.807, 2.05) is 54.6 Å². The molecular formula is C24H19N2O4-. The molecule has 6 nitrogen and oxygen atoms in total. The van der Waals surface area contributed by atoms with E-state index in [2.05, 4.69) is 9.97 Å². The lowest BCUT2D eigenvalue weighted by Crippen LogP contribution is -2.22. The number of H-pyrrole nitrogens is 1. The zero-order chi connectivity index (χ0) is 20.9. The molecular weight excluding hydrogens is 380 g/mol. The van der Waals surface area contributed by atoms with Crippen molar-refractivity contribution in [3.05, 3.63) is 89.2 Å². The predicted molar refractivity (Wildman–Crippen MR) is 113 cm³/mol. The van der Waals surface area contributed by atoms with Gasteiger partial charge in [0.15, 0.2) is 11.5 Å². The van der Waals surface area contributed by atoms with Gasteiger partial charge in [-0.1, -0.05) is 54.6 Å². The summed E-state index contributed by atoms with van der Waals surface area (Å²) in [5, 5.41) is 11.3. The molecule has 0 unspecified atom stereocenters. The van der Waals surface area contributed by atoms with Crippen molar-refractivity contribution in [3.63, 3.8) is 0 Å². The summed E-state index contributed by atoms with van der Waals surface area (Å²) in [6, 6.07) is 20.4. The molecule has 0 radical (unpaired) electrons. The Morgan fingerprint density at radius 1 is 1.03 bits per heavy atom. The van der Waals surface area contributed by atoms with Crippen LogP contribution < -0.4 is 14.6 Å². The average Bonchev–Trinajstić information content (AvgIpc) is 3.20. The van der Waals surface area contributed by atoms with Crippen LogP contribution in [0, 0.1) is 0 Å². The standard InChI is InChI=1S/C24H20N2O4/c1-29-20-12-10-16(14-21(20)30-15-17-6-3-2-4-7-17)11-13-22-25-19-9-5-8-18(24(27)28)23(19)26-22/h2-14H,15H2,1H3,(H,25,26)(H,27,28)/p-1/b13-11+. The Morgan fingerprint density at radius 3 is 2.63 bits per heavy atom. The van der Waals surface area contributed by atoms with Crippen LogP contribution in [-0.4, -0.2) is 23.0 Å². The molecule has 1 aromatic heterocycles. The van der Waals surface area contributed by atoms with Crippen LogP contribution in [-0.2, 0) is 6.61 Å². The lowest BCUT2D eigenvalue weighted by molar-refractivity contribution is -0.254. The number of ether oxygens (including phenoxy) is 2. The fourth-order valence-corrected chi connectivity index (χ4v) is 3.12. The molecule has 0 amide bonds. The summed E-state index contributed by atoms with van der Waals surface area (Å²) in [7, 11) is 1.60. The average molecular weight is 399 g/mol. The maximum absolute atomic E-state index is 11.3. The molecule has 6 heteroatoms. The van der Waals surface area contributed by atoms with Crippen molar-refractivity contribution in [1.82, 2.24) is 9.97 Å². The van der Waals surface area contributed by atoms with Crippen LogP contribution >= 0.6 is 0 Å². The number of hydrogen-bond donors (Lipinski definition) is 1. The number of fused-ring (bicyclic) bond motifs is 1. The van der Waals surface area contributed by atoms with Gasteiger partial charge >= 0.3 is 0 Å². The number of carbonyl (C=O) groups is 1. The van der Waals surface area contributed by atoms with E-state index in [0.717, 1.165) is 11.1 Å². The van der Waals surface area contributed by atoms with Gasteiger partial charge in [-0.2, -0.15) is 0 Å². The third-order valence-corrected chi connectivity index (χ3v) is 4.61. The number of nitrogens with one attached hydrogen (secondary N) is 1. The number of nitrogens with zero attached hydrogens (tertiary/aromatic N) is 1. The van der Waals surface area contributed by atoms with Crippen LogP contribution in [0.25, 0.3) is 23.2 Å². The second-order valence-corrected chi connectivity index (χ2v) is 6.63. The smallest absolute Gasteiger partial charge is 0.162 e. The Balaban J connectivity index is 1.57. The number of imidazole rings is 1. The highest BCUT2D eigenvalue weighted by Gasteiger charge is 2.08. The van der Waals surface area contributed by atoms with Gasteiger partial charge in [0.25, 0.3) is 0 Å². The molecule has 0 saturated heterocycles. The summed E-state index contributed by atoms with van der Waals surface area (Å²) in [6.45, 7) is 0.430. The summed E-state index contributed by atoms with van der Waals surface area (Å²) in [5.74, 6) is 0.567. The van der Waals surface area contributed by atoms with Crippen molar-refractivity contribution in [1.29, 1.82) is 0 Å². The summed E-state index contributed by atoms with van der Waals surface area (Å²) in [6.07, 6.45) is 3.65. The number of carboxylic acid groups (broad SMARTS) is 1. The van der Waals surface area contributed by atoms with Gasteiger partial charge in [0.1, 0.15) is 12.4 Å². The van der Waals surface area contributed by atoms with Crippen molar-refractivity contribution in [2.24, 2.45) is 0 Å².